The first-order valence-corrected chi connectivity index (χ1v) is 18.7. The van der Waals surface area contributed by atoms with Gasteiger partial charge in [-0.2, -0.15) is 0 Å². The first kappa shape index (κ1) is 58.0. The Morgan fingerprint density at radius 3 is 1.22 bits per heavy atom. The van der Waals surface area contributed by atoms with Crippen LogP contribution in [0.3, 0.4) is 0 Å². The van der Waals surface area contributed by atoms with Crippen LogP contribution in [0.2, 0.25) is 0 Å². The molecule has 0 aromatic carbocycles. The minimum Gasteiger partial charge on any atom is -0.466 e. The molecule has 0 aliphatic rings. The molecule has 14 N–H and O–H groups in total. The number of esters is 3. The number of rotatable bonds is 27. The standard InChI is InChI=1S/C15H31N3O3.C12H24N2O4.C4H12N2.2C2H6O/c1-2-21-15(20)12-13(18-11-7-6-10-17)14(19)8-4-3-5-9-16;1-3-17-11(15)9-10(12(16)18-4-2)14-8-6-5-7-13;5-3-1-2-4-6;2*1-2-3/h13,18H,2-12,16-17H2,1H3;10,14H,3-9,13H2,1-2H3;1-6H2;2*3H,2H2,1H3. The molecule has 0 aromatic heterocycles. The molecule has 0 fully saturated rings. The highest BCUT2D eigenvalue weighted by Crippen LogP contribution is 2.06. The zero-order valence-corrected chi connectivity index (χ0v) is 32.8. The first-order valence-electron chi connectivity index (χ1n) is 18.7. The van der Waals surface area contributed by atoms with Crippen molar-refractivity contribution in [3.63, 3.8) is 0 Å². The maximum absolute atomic E-state index is 12.2. The van der Waals surface area contributed by atoms with E-state index in [-0.39, 0.29) is 37.8 Å². The summed E-state index contributed by atoms with van der Waals surface area (Å²) in [4.78, 5) is 46.7. The number of carbonyl (C=O) groups excluding carboxylic acids is 4. The summed E-state index contributed by atoms with van der Waals surface area (Å²) in [5, 5.41) is 21.3. The van der Waals surface area contributed by atoms with Gasteiger partial charge in [-0.05, 0) is 132 Å². The summed E-state index contributed by atoms with van der Waals surface area (Å²) in [7, 11) is 0. The van der Waals surface area contributed by atoms with E-state index < -0.39 is 24.0 Å². The van der Waals surface area contributed by atoms with Gasteiger partial charge in [-0.1, -0.05) is 6.42 Å². The Kier molecular flexibility index (Phi) is 59.3. The highest BCUT2D eigenvalue weighted by molar-refractivity contribution is 5.88. The van der Waals surface area contributed by atoms with Gasteiger partial charge in [-0.3, -0.25) is 19.2 Å². The van der Waals surface area contributed by atoms with E-state index in [1.807, 2.05) is 0 Å². The number of nitrogens with one attached hydrogen (secondary N) is 2. The second kappa shape index (κ2) is 52.1. The van der Waals surface area contributed by atoms with E-state index in [9.17, 15) is 19.2 Å². The first-order chi connectivity index (χ1) is 24.5. The van der Waals surface area contributed by atoms with Crippen molar-refractivity contribution in [3.8, 4) is 0 Å². The molecule has 0 rings (SSSR count). The number of aliphatic hydroxyl groups excluding tert-OH is 2. The molecule has 0 bridgehead atoms. The molecule has 16 heteroatoms. The molecule has 2 atom stereocenters. The summed E-state index contributed by atoms with van der Waals surface area (Å²) < 4.78 is 14.7. The van der Waals surface area contributed by atoms with Gasteiger partial charge >= 0.3 is 17.9 Å². The molecule has 0 aromatic rings. The SMILES string of the molecule is CCO.CCO.CCOC(=O)CC(NCCCCN)C(=O)CCCCCN.CCOC(=O)CC(NCCCCN)C(=O)OCC.NCCCCN. The van der Waals surface area contributed by atoms with Crippen molar-refractivity contribution in [1.29, 1.82) is 0 Å². The second-order valence-corrected chi connectivity index (χ2v) is 10.8. The molecule has 0 spiro atoms. The molecule has 0 radical (unpaired) electrons. The Hall–Kier alpha value is -2.28. The monoisotopic (exact) mass is 742 g/mol. The molecule has 0 aliphatic heterocycles. The normalized spacial score (nSPS) is 11.0. The van der Waals surface area contributed by atoms with Gasteiger partial charge in [0.05, 0.1) is 38.7 Å². The van der Waals surface area contributed by atoms with Gasteiger partial charge < -0.3 is 63.7 Å². The lowest BCUT2D eigenvalue weighted by molar-refractivity contribution is -0.152. The third-order valence-corrected chi connectivity index (χ3v) is 6.14. The van der Waals surface area contributed by atoms with E-state index in [4.69, 9.17) is 53.1 Å². The van der Waals surface area contributed by atoms with Crippen LogP contribution in [0.15, 0.2) is 0 Å². The molecule has 0 saturated heterocycles. The second-order valence-electron chi connectivity index (χ2n) is 10.8. The molecular weight excluding hydrogens is 662 g/mol. The van der Waals surface area contributed by atoms with Crippen LogP contribution in [0.4, 0.5) is 0 Å². The zero-order chi connectivity index (χ0) is 40.0. The molecule has 0 amide bonds. The summed E-state index contributed by atoms with van der Waals surface area (Å²) in [5.41, 5.74) is 26.6. The number of unbranched alkanes of at least 4 members (excludes halogenated alkanes) is 5. The maximum atomic E-state index is 12.2. The number of nitrogens with two attached hydrogens (primary N) is 5. The van der Waals surface area contributed by atoms with Crippen molar-refractivity contribution in [1.82, 2.24) is 10.6 Å². The van der Waals surface area contributed by atoms with Crippen molar-refractivity contribution in [2.75, 3.05) is 78.8 Å². The van der Waals surface area contributed by atoms with Gasteiger partial charge in [-0.25, -0.2) is 0 Å². The van der Waals surface area contributed by atoms with Gasteiger partial charge in [0.2, 0.25) is 0 Å². The summed E-state index contributed by atoms with van der Waals surface area (Å²) in [6.07, 6.45) is 8.95. The number of Topliss-reactive ketones (excluding diaryl/α,β-unsaturated/α-hetero) is 1. The molecule has 51 heavy (non-hydrogen) atoms. The van der Waals surface area contributed by atoms with Crippen molar-refractivity contribution >= 4 is 23.7 Å². The van der Waals surface area contributed by atoms with Crippen molar-refractivity contribution in [2.45, 2.75) is 124 Å². The minimum atomic E-state index is -0.637. The quantitative estimate of drug-likeness (QED) is 0.0316. The predicted octanol–water partition coefficient (Wildman–Crippen LogP) is 0.606. The van der Waals surface area contributed by atoms with Gasteiger partial charge in [0.1, 0.15) is 11.8 Å². The van der Waals surface area contributed by atoms with Crippen LogP contribution in [-0.4, -0.2) is 125 Å². The van der Waals surface area contributed by atoms with Crippen LogP contribution in [0.1, 0.15) is 112 Å². The zero-order valence-electron chi connectivity index (χ0n) is 32.8. The number of hydrogen-bond acceptors (Lipinski definition) is 16. The Morgan fingerprint density at radius 2 is 0.843 bits per heavy atom. The highest BCUT2D eigenvalue weighted by atomic mass is 16.5. The van der Waals surface area contributed by atoms with E-state index >= 15 is 0 Å². The summed E-state index contributed by atoms with van der Waals surface area (Å²) >= 11 is 0. The smallest absolute Gasteiger partial charge is 0.323 e. The molecule has 2 unspecified atom stereocenters. The lowest BCUT2D eigenvalue weighted by Crippen LogP contribution is -2.40. The maximum Gasteiger partial charge on any atom is 0.323 e. The Bertz CT molecular complexity index is 734. The Balaban J connectivity index is -0.000000211. The van der Waals surface area contributed by atoms with Crippen LogP contribution in [0.25, 0.3) is 0 Å². The third kappa shape index (κ3) is 52.2. The van der Waals surface area contributed by atoms with Crippen LogP contribution in [0.5, 0.6) is 0 Å². The van der Waals surface area contributed by atoms with Crippen LogP contribution in [0, 0.1) is 0 Å². The molecule has 0 saturated carbocycles. The number of carbonyl (C=O) groups is 4. The van der Waals surface area contributed by atoms with E-state index in [1.165, 1.54) is 0 Å². The van der Waals surface area contributed by atoms with Crippen LogP contribution >= 0.6 is 0 Å². The fraction of sp³-hybridized carbons (Fsp3) is 0.886. The fourth-order valence-corrected chi connectivity index (χ4v) is 3.73. The molecule has 0 heterocycles. The molecule has 0 aliphatic carbocycles. The number of ketones is 1. The number of hydrogen-bond donors (Lipinski definition) is 9. The van der Waals surface area contributed by atoms with Gasteiger partial charge in [-0.15, -0.1) is 0 Å². The van der Waals surface area contributed by atoms with Crippen molar-refractivity contribution < 1.29 is 43.6 Å². The molecule has 16 nitrogen and oxygen atoms in total. The van der Waals surface area contributed by atoms with Gasteiger partial charge in [0.15, 0.2) is 0 Å². The van der Waals surface area contributed by atoms with Crippen molar-refractivity contribution in [2.24, 2.45) is 28.7 Å². The molecule has 308 valence electrons. The predicted molar refractivity (Wildman–Crippen MR) is 205 cm³/mol. The minimum absolute atomic E-state index is 0.00466. The topological polar surface area (TPSA) is 291 Å². The summed E-state index contributed by atoms with van der Waals surface area (Å²) in [5.74, 6) is -1.07. The lowest BCUT2D eigenvalue weighted by atomic mass is 10.0. The third-order valence-electron chi connectivity index (χ3n) is 6.14. The fourth-order valence-electron chi connectivity index (χ4n) is 3.73. The average Bonchev–Trinajstić information content (AvgIpc) is 3.10. The summed E-state index contributed by atoms with van der Waals surface area (Å²) in [6.45, 7) is 14.8. The Morgan fingerprint density at radius 1 is 0.510 bits per heavy atom. The van der Waals surface area contributed by atoms with E-state index in [2.05, 4.69) is 10.6 Å². The largest absolute Gasteiger partial charge is 0.466 e. The van der Waals surface area contributed by atoms with E-state index in [0.29, 0.717) is 59.0 Å². The van der Waals surface area contributed by atoms with Gasteiger partial charge in [0, 0.05) is 19.6 Å². The van der Waals surface area contributed by atoms with Crippen LogP contribution < -0.4 is 39.3 Å². The van der Waals surface area contributed by atoms with Crippen molar-refractivity contribution in [3.05, 3.63) is 0 Å². The van der Waals surface area contributed by atoms with Gasteiger partial charge in [0.25, 0.3) is 0 Å². The number of ether oxygens (including phenoxy) is 3. The summed E-state index contributed by atoms with van der Waals surface area (Å²) in [6, 6.07) is -1.08. The highest BCUT2D eigenvalue weighted by Gasteiger charge is 2.23. The van der Waals surface area contributed by atoms with E-state index in [0.717, 1.165) is 70.9 Å². The molecular formula is C35H79N7O9. The van der Waals surface area contributed by atoms with Crippen LogP contribution in [-0.2, 0) is 33.4 Å². The Labute approximate surface area is 309 Å². The van der Waals surface area contributed by atoms with E-state index in [1.54, 1.807) is 34.6 Å². The number of aliphatic hydroxyl groups is 2. The average molecular weight is 742 g/mol. The lowest BCUT2D eigenvalue weighted by Gasteiger charge is -2.17.